The maximum atomic E-state index is 13.7. The molecule has 0 aliphatic rings. The lowest BCUT2D eigenvalue weighted by atomic mass is 10.0. The molecule has 0 fully saturated rings. The molecule has 0 bridgehead atoms. The summed E-state index contributed by atoms with van der Waals surface area (Å²) in [7, 11) is 0. The van der Waals surface area contributed by atoms with Gasteiger partial charge in [-0.25, -0.2) is 14.2 Å². The van der Waals surface area contributed by atoms with Crippen molar-refractivity contribution in [1.82, 2.24) is 9.97 Å². The van der Waals surface area contributed by atoms with Crippen molar-refractivity contribution in [3.05, 3.63) is 52.5 Å². The first-order valence-corrected chi connectivity index (χ1v) is 4.80. The number of aromatic amines is 1. The topological polar surface area (TPSA) is 45.8 Å². The molecule has 0 atom stereocenters. The van der Waals surface area contributed by atoms with Crippen molar-refractivity contribution in [3.63, 3.8) is 0 Å². The number of halogens is 4. The quantitative estimate of drug-likeness (QED) is 0.799. The number of nitrogens with zero attached hydrogens (tertiary/aromatic N) is 1. The van der Waals surface area contributed by atoms with E-state index in [1.54, 1.807) is 0 Å². The zero-order valence-corrected chi connectivity index (χ0v) is 8.75. The van der Waals surface area contributed by atoms with Crippen molar-refractivity contribution in [3.8, 4) is 11.1 Å². The van der Waals surface area contributed by atoms with Gasteiger partial charge in [-0.15, -0.1) is 0 Å². The highest BCUT2D eigenvalue weighted by atomic mass is 19.4. The maximum Gasteiger partial charge on any atom is 0.419 e. The van der Waals surface area contributed by atoms with Crippen LogP contribution in [-0.2, 0) is 6.18 Å². The summed E-state index contributed by atoms with van der Waals surface area (Å²) in [4.78, 5) is 16.2. The number of hydrogen-bond donors (Lipinski definition) is 1. The van der Waals surface area contributed by atoms with Crippen molar-refractivity contribution in [1.29, 1.82) is 0 Å². The van der Waals surface area contributed by atoms with Gasteiger partial charge in [-0.2, -0.15) is 13.2 Å². The van der Waals surface area contributed by atoms with E-state index in [1.165, 1.54) is 6.07 Å². The Kier molecular flexibility index (Phi) is 2.90. The molecule has 0 saturated carbocycles. The van der Waals surface area contributed by atoms with Gasteiger partial charge in [0, 0.05) is 23.5 Å². The van der Waals surface area contributed by atoms with Gasteiger partial charge >= 0.3 is 11.9 Å². The van der Waals surface area contributed by atoms with Crippen LogP contribution in [0.15, 0.2) is 35.4 Å². The minimum atomic E-state index is -4.77. The molecule has 1 aromatic carbocycles. The summed E-state index contributed by atoms with van der Waals surface area (Å²) in [5.41, 5.74) is -2.22. The molecule has 0 aliphatic carbocycles. The number of nitrogens with one attached hydrogen (secondary N) is 1. The van der Waals surface area contributed by atoms with Gasteiger partial charge in [0.15, 0.2) is 0 Å². The van der Waals surface area contributed by atoms with E-state index >= 15 is 0 Å². The lowest BCUT2D eigenvalue weighted by Crippen LogP contribution is -2.10. The predicted octanol–water partition coefficient (Wildman–Crippen LogP) is 2.59. The minimum Gasteiger partial charge on any atom is -0.312 e. The van der Waals surface area contributed by atoms with Crippen molar-refractivity contribution < 1.29 is 17.6 Å². The third-order valence-electron chi connectivity index (χ3n) is 2.29. The van der Waals surface area contributed by atoms with Gasteiger partial charge in [0.25, 0.3) is 0 Å². The Morgan fingerprint density at radius 1 is 1.22 bits per heavy atom. The summed E-state index contributed by atoms with van der Waals surface area (Å²) in [5, 5.41) is 0. The van der Waals surface area contributed by atoms with Crippen molar-refractivity contribution >= 4 is 0 Å². The van der Waals surface area contributed by atoms with Crippen LogP contribution < -0.4 is 5.69 Å². The molecule has 7 heteroatoms. The lowest BCUT2D eigenvalue weighted by Gasteiger charge is -2.10. The summed E-state index contributed by atoms with van der Waals surface area (Å²) in [5.74, 6) is -1.39. The van der Waals surface area contributed by atoms with Gasteiger partial charge in [0.2, 0.25) is 0 Å². The van der Waals surface area contributed by atoms with Gasteiger partial charge in [-0.3, -0.25) is 0 Å². The van der Waals surface area contributed by atoms with Crippen molar-refractivity contribution in [2.75, 3.05) is 0 Å². The Bertz CT molecular complexity index is 613. The average Bonchev–Trinajstić information content (AvgIpc) is 2.29. The molecular formula is C11H6F4N2O. The predicted molar refractivity (Wildman–Crippen MR) is 55.3 cm³/mol. The van der Waals surface area contributed by atoms with Crippen LogP contribution in [0.5, 0.6) is 0 Å². The molecule has 1 aromatic heterocycles. The average molecular weight is 258 g/mol. The fourth-order valence-electron chi connectivity index (χ4n) is 1.46. The lowest BCUT2D eigenvalue weighted by molar-refractivity contribution is -0.139. The Balaban J connectivity index is 2.59. The molecule has 18 heavy (non-hydrogen) atoms. The number of rotatable bonds is 1. The highest BCUT2D eigenvalue weighted by molar-refractivity contribution is 5.63. The summed E-state index contributed by atoms with van der Waals surface area (Å²) in [6.07, 6.45) is -2.65. The molecule has 3 nitrogen and oxygen atoms in total. The zero-order valence-electron chi connectivity index (χ0n) is 8.75. The summed E-state index contributed by atoms with van der Waals surface area (Å²) >= 11 is 0. The first-order valence-electron chi connectivity index (χ1n) is 4.80. The third-order valence-corrected chi connectivity index (χ3v) is 2.29. The van der Waals surface area contributed by atoms with Gasteiger partial charge in [-0.1, -0.05) is 12.1 Å². The molecule has 0 radical (unpaired) electrons. The van der Waals surface area contributed by atoms with E-state index in [1.807, 2.05) is 0 Å². The highest BCUT2D eigenvalue weighted by Gasteiger charge is 2.34. The second-order valence-corrected chi connectivity index (χ2v) is 3.47. The van der Waals surface area contributed by atoms with E-state index in [0.717, 1.165) is 18.5 Å². The summed E-state index contributed by atoms with van der Waals surface area (Å²) in [6.45, 7) is 0. The van der Waals surface area contributed by atoms with Gasteiger partial charge in [0.05, 0.1) is 5.56 Å². The summed E-state index contributed by atoms with van der Waals surface area (Å²) in [6, 6.07) is 2.92. The number of hydrogen-bond acceptors (Lipinski definition) is 2. The van der Waals surface area contributed by atoms with E-state index in [9.17, 15) is 22.4 Å². The minimum absolute atomic E-state index is 0.0678. The molecule has 94 valence electrons. The Labute approximate surface area is 98.1 Å². The van der Waals surface area contributed by atoms with Crippen LogP contribution in [0.4, 0.5) is 17.6 Å². The van der Waals surface area contributed by atoms with E-state index in [0.29, 0.717) is 6.07 Å². The fourth-order valence-corrected chi connectivity index (χ4v) is 1.46. The van der Waals surface area contributed by atoms with Gasteiger partial charge in [0.1, 0.15) is 5.82 Å². The molecule has 2 rings (SSSR count). The molecule has 2 aromatic rings. The van der Waals surface area contributed by atoms with E-state index in [2.05, 4.69) is 9.97 Å². The smallest absolute Gasteiger partial charge is 0.312 e. The normalized spacial score (nSPS) is 11.6. The van der Waals surface area contributed by atoms with Crippen LogP contribution in [0, 0.1) is 5.82 Å². The SMILES string of the molecule is O=c1ncc(-c2cccc(C(F)(F)F)c2F)c[nH]1. The van der Waals surface area contributed by atoms with Crippen LogP contribution in [0.1, 0.15) is 5.56 Å². The third kappa shape index (κ3) is 2.24. The standard InChI is InChI=1S/C11H6F4N2O/c12-9-7(6-4-16-10(18)17-5-6)2-1-3-8(9)11(13,14)15/h1-5H,(H,16,17,18). The van der Waals surface area contributed by atoms with Crippen LogP contribution in [0.25, 0.3) is 11.1 Å². The highest BCUT2D eigenvalue weighted by Crippen LogP contribution is 2.34. The monoisotopic (exact) mass is 258 g/mol. The molecule has 1 heterocycles. The number of aromatic nitrogens is 2. The second-order valence-electron chi connectivity index (χ2n) is 3.47. The molecular weight excluding hydrogens is 252 g/mol. The van der Waals surface area contributed by atoms with E-state index < -0.39 is 23.2 Å². The van der Waals surface area contributed by atoms with Crippen molar-refractivity contribution in [2.45, 2.75) is 6.18 Å². The molecule has 0 unspecified atom stereocenters. The first kappa shape index (κ1) is 12.3. The van der Waals surface area contributed by atoms with Crippen LogP contribution in [0.2, 0.25) is 0 Å². The molecule has 0 amide bonds. The molecule has 0 aliphatic heterocycles. The number of benzene rings is 1. The molecule has 0 saturated heterocycles. The van der Waals surface area contributed by atoms with E-state index in [4.69, 9.17) is 0 Å². The van der Waals surface area contributed by atoms with Crippen LogP contribution in [-0.4, -0.2) is 9.97 Å². The van der Waals surface area contributed by atoms with Crippen LogP contribution >= 0.6 is 0 Å². The van der Waals surface area contributed by atoms with Crippen molar-refractivity contribution in [2.24, 2.45) is 0 Å². The summed E-state index contributed by atoms with van der Waals surface area (Å²) < 4.78 is 51.2. The van der Waals surface area contributed by atoms with Gasteiger partial charge in [-0.05, 0) is 6.07 Å². The Morgan fingerprint density at radius 3 is 2.50 bits per heavy atom. The zero-order chi connectivity index (χ0) is 13.3. The molecule has 1 N–H and O–H groups in total. The van der Waals surface area contributed by atoms with E-state index in [-0.39, 0.29) is 11.1 Å². The van der Waals surface area contributed by atoms with Gasteiger partial charge < -0.3 is 4.98 Å². The largest absolute Gasteiger partial charge is 0.419 e. The Hall–Kier alpha value is -2.18. The molecule has 0 spiro atoms. The number of alkyl halides is 3. The van der Waals surface area contributed by atoms with Crippen LogP contribution in [0.3, 0.4) is 0 Å². The first-order chi connectivity index (χ1) is 8.39. The maximum absolute atomic E-state index is 13.7. The number of H-pyrrole nitrogens is 1. The Morgan fingerprint density at radius 2 is 1.94 bits per heavy atom. The second kappa shape index (κ2) is 4.25. The fraction of sp³-hybridized carbons (Fsp3) is 0.0909.